The number of benzene rings is 1. The van der Waals surface area contributed by atoms with E-state index in [9.17, 15) is 9.18 Å². The number of aryl methyl sites for hydroxylation is 4. The molecule has 0 saturated heterocycles. The quantitative estimate of drug-likeness (QED) is 0.610. The molecule has 1 N–H and O–H groups in total. The van der Waals surface area contributed by atoms with Crippen molar-refractivity contribution >= 4 is 27.5 Å². The number of allylic oxidation sites excluding steroid dienone is 1. The van der Waals surface area contributed by atoms with E-state index in [1.54, 1.807) is 6.08 Å². The van der Waals surface area contributed by atoms with Gasteiger partial charge in [-0.2, -0.15) is 0 Å². The maximum atomic E-state index is 13.8. The Bertz CT molecular complexity index is 837. The van der Waals surface area contributed by atoms with E-state index in [1.807, 2.05) is 27.7 Å². The number of nitrogens with zero attached hydrogens (tertiary/aromatic N) is 1. The zero-order chi connectivity index (χ0) is 19.4. The molecule has 0 radical (unpaired) electrons. The van der Waals surface area contributed by atoms with E-state index in [-0.39, 0.29) is 11.7 Å². The van der Waals surface area contributed by atoms with Crippen LogP contribution in [0.25, 0.3) is 0 Å². The molecular weight excluding hydrogens is 395 g/mol. The summed E-state index contributed by atoms with van der Waals surface area (Å²) in [5.74, 6) is -0.525. The highest BCUT2D eigenvalue weighted by atomic mass is 79.9. The summed E-state index contributed by atoms with van der Waals surface area (Å²) in [6.45, 7) is 11.4. The Kier molecular flexibility index (Phi) is 6.70. The van der Waals surface area contributed by atoms with Crippen LogP contribution in [0.1, 0.15) is 52.3 Å². The van der Waals surface area contributed by atoms with E-state index in [4.69, 9.17) is 0 Å². The highest BCUT2D eigenvalue weighted by Crippen LogP contribution is 2.30. The fraction of sp³-hybridized carbons (Fsp3) is 0.333. The van der Waals surface area contributed by atoms with Crippen molar-refractivity contribution in [2.45, 2.75) is 47.0 Å². The van der Waals surface area contributed by atoms with Gasteiger partial charge in [0.05, 0.1) is 11.3 Å². The minimum absolute atomic E-state index is 0.247. The molecule has 0 aliphatic rings. The van der Waals surface area contributed by atoms with Crippen molar-refractivity contribution in [1.29, 1.82) is 0 Å². The Morgan fingerprint density at radius 2 is 1.81 bits per heavy atom. The fourth-order valence-corrected chi connectivity index (χ4v) is 4.02. The first-order chi connectivity index (χ1) is 12.3. The van der Waals surface area contributed by atoms with E-state index < -0.39 is 0 Å². The first kappa shape index (κ1) is 20.3. The van der Waals surface area contributed by atoms with Crippen LogP contribution in [0.15, 0.2) is 29.3 Å². The predicted molar refractivity (Wildman–Crippen MR) is 108 cm³/mol. The summed E-state index contributed by atoms with van der Waals surface area (Å²) >= 11 is 3.57. The molecular formula is C21H24BrFN2O. The van der Waals surface area contributed by atoms with Gasteiger partial charge in [0.25, 0.3) is 5.91 Å². The SMILES string of the molecule is C=CCc1c(C)nc(C)c(C(=O)Nc2c(CC)cc(F)cc2CC)c1Br. The molecule has 0 aliphatic carbocycles. The van der Waals surface area contributed by atoms with Gasteiger partial charge < -0.3 is 5.32 Å². The van der Waals surface area contributed by atoms with Crippen LogP contribution in [-0.4, -0.2) is 10.9 Å². The van der Waals surface area contributed by atoms with E-state index in [1.165, 1.54) is 12.1 Å². The van der Waals surface area contributed by atoms with Gasteiger partial charge in [0.1, 0.15) is 5.82 Å². The predicted octanol–water partition coefficient (Wildman–Crippen LogP) is 5.71. The second-order valence-electron chi connectivity index (χ2n) is 6.20. The van der Waals surface area contributed by atoms with Gasteiger partial charge in [0.2, 0.25) is 0 Å². The van der Waals surface area contributed by atoms with Crippen molar-refractivity contribution in [3.05, 3.63) is 68.7 Å². The molecule has 0 spiro atoms. The third kappa shape index (κ3) is 4.04. The van der Waals surface area contributed by atoms with Crippen molar-refractivity contribution in [2.24, 2.45) is 0 Å². The normalized spacial score (nSPS) is 10.7. The van der Waals surface area contributed by atoms with Crippen molar-refractivity contribution in [3.63, 3.8) is 0 Å². The molecule has 0 unspecified atom stereocenters. The van der Waals surface area contributed by atoms with Crippen LogP contribution in [0.4, 0.5) is 10.1 Å². The van der Waals surface area contributed by atoms with E-state index in [2.05, 4.69) is 32.8 Å². The minimum Gasteiger partial charge on any atom is -0.321 e. The lowest BCUT2D eigenvalue weighted by Crippen LogP contribution is -2.19. The largest absolute Gasteiger partial charge is 0.321 e. The average molecular weight is 419 g/mol. The van der Waals surface area contributed by atoms with Gasteiger partial charge in [-0.3, -0.25) is 9.78 Å². The third-order valence-electron chi connectivity index (χ3n) is 4.46. The molecule has 1 heterocycles. The van der Waals surface area contributed by atoms with Gasteiger partial charge in [0, 0.05) is 15.9 Å². The maximum absolute atomic E-state index is 13.8. The van der Waals surface area contributed by atoms with Gasteiger partial charge >= 0.3 is 0 Å². The van der Waals surface area contributed by atoms with Crippen LogP contribution in [0.2, 0.25) is 0 Å². The zero-order valence-corrected chi connectivity index (χ0v) is 17.3. The first-order valence-corrected chi connectivity index (χ1v) is 9.52. The molecule has 138 valence electrons. The molecule has 0 bridgehead atoms. The van der Waals surface area contributed by atoms with Crippen LogP contribution in [0.5, 0.6) is 0 Å². The van der Waals surface area contributed by atoms with Crippen molar-refractivity contribution < 1.29 is 9.18 Å². The lowest BCUT2D eigenvalue weighted by atomic mass is 10.0. The monoisotopic (exact) mass is 418 g/mol. The molecule has 1 aromatic carbocycles. The topological polar surface area (TPSA) is 42.0 Å². The molecule has 0 aliphatic heterocycles. The summed E-state index contributed by atoms with van der Waals surface area (Å²) in [4.78, 5) is 17.6. The number of anilines is 1. The van der Waals surface area contributed by atoms with Crippen LogP contribution < -0.4 is 5.32 Å². The molecule has 0 fully saturated rings. The van der Waals surface area contributed by atoms with Gasteiger partial charge in [-0.05, 0) is 77.9 Å². The van der Waals surface area contributed by atoms with Gasteiger partial charge in [-0.25, -0.2) is 4.39 Å². The molecule has 5 heteroatoms. The molecule has 1 aromatic heterocycles. The molecule has 0 saturated carbocycles. The average Bonchev–Trinajstić information content (AvgIpc) is 2.59. The number of amides is 1. The highest BCUT2D eigenvalue weighted by Gasteiger charge is 2.21. The Labute approximate surface area is 162 Å². The molecule has 26 heavy (non-hydrogen) atoms. The van der Waals surface area contributed by atoms with Crippen LogP contribution >= 0.6 is 15.9 Å². The lowest BCUT2D eigenvalue weighted by Gasteiger charge is -2.18. The maximum Gasteiger partial charge on any atom is 0.258 e. The fourth-order valence-electron chi connectivity index (χ4n) is 3.11. The lowest BCUT2D eigenvalue weighted by molar-refractivity contribution is 0.102. The standard InChI is InChI=1S/C21H24BrFN2O/c1-6-9-17-12(4)24-13(5)18(19(17)22)21(26)25-20-14(7-2)10-16(23)11-15(20)8-3/h6,10-11H,1,7-9H2,2-5H3,(H,25,26). The van der Waals surface area contributed by atoms with E-state index >= 15 is 0 Å². The Morgan fingerprint density at radius 1 is 1.23 bits per heavy atom. The number of rotatable bonds is 6. The number of hydrogen-bond acceptors (Lipinski definition) is 2. The number of halogens is 2. The molecule has 3 nitrogen and oxygen atoms in total. The Morgan fingerprint density at radius 3 is 2.31 bits per heavy atom. The zero-order valence-electron chi connectivity index (χ0n) is 15.7. The van der Waals surface area contributed by atoms with Crippen molar-refractivity contribution in [3.8, 4) is 0 Å². The van der Waals surface area contributed by atoms with E-state index in [0.717, 1.165) is 26.9 Å². The van der Waals surface area contributed by atoms with Crippen molar-refractivity contribution in [2.75, 3.05) is 5.32 Å². The molecule has 2 rings (SSSR count). The third-order valence-corrected chi connectivity index (χ3v) is 5.34. The molecule has 0 atom stereocenters. The molecule has 2 aromatic rings. The summed E-state index contributed by atoms with van der Waals surface area (Å²) < 4.78 is 14.5. The number of nitrogens with one attached hydrogen (secondary N) is 1. The second kappa shape index (κ2) is 8.58. The minimum atomic E-state index is -0.278. The summed E-state index contributed by atoms with van der Waals surface area (Å²) in [6, 6.07) is 2.96. The smallest absolute Gasteiger partial charge is 0.258 e. The number of carbonyl (C=O) groups is 1. The van der Waals surface area contributed by atoms with E-state index in [0.29, 0.717) is 36.2 Å². The number of carbonyl (C=O) groups excluding carboxylic acids is 1. The second-order valence-corrected chi connectivity index (χ2v) is 7.00. The summed E-state index contributed by atoms with van der Waals surface area (Å²) in [5, 5.41) is 2.99. The van der Waals surface area contributed by atoms with Gasteiger partial charge in [-0.1, -0.05) is 19.9 Å². The number of aromatic nitrogens is 1. The van der Waals surface area contributed by atoms with Crippen LogP contribution in [-0.2, 0) is 19.3 Å². The summed E-state index contributed by atoms with van der Waals surface area (Å²) in [5.41, 5.74) is 5.24. The molecule has 1 amide bonds. The van der Waals surface area contributed by atoms with Crippen molar-refractivity contribution in [1.82, 2.24) is 4.98 Å². The summed E-state index contributed by atoms with van der Waals surface area (Å²) in [7, 11) is 0. The Hall–Kier alpha value is -2.01. The van der Waals surface area contributed by atoms with Gasteiger partial charge in [0.15, 0.2) is 0 Å². The summed E-state index contributed by atoms with van der Waals surface area (Å²) in [6.07, 6.45) is 3.68. The highest BCUT2D eigenvalue weighted by molar-refractivity contribution is 9.10. The number of pyridine rings is 1. The van der Waals surface area contributed by atoms with Crippen LogP contribution in [0.3, 0.4) is 0 Å². The first-order valence-electron chi connectivity index (χ1n) is 8.73. The van der Waals surface area contributed by atoms with Crippen LogP contribution in [0, 0.1) is 19.7 Å². The Balaban J connectivity index is 2.52. The number of hydrogen-bond donors (Lipinski definition) is 1. The van der Waals surface area contributed by atoms with Gasteiger partial charge in [-0.15, -0.1) is 6.58 Å².